The third-order valence-electron chi connectivity index (χ3n) is 3.78. The molecule has 2 heterocycles. The van der Waals surface area contributed by atoms with E-state index in [1.54, 1.807) is 0 Å². The van der Waals surface area contributed by atoms with Gasteiger partial charge in [-0.1, -0.05) is 29.4 Å². The van der Waals surface area contributed by atoms with Crippen molar-refractivity contribution in [3.63, 3.8) is 0 Å². The van der Waals surface area contributed by atoms with Crippen LogP contribution in [-0.2, 0) is 0 Å². The molecule has 0 radical (unpaired) electrons. The van der Waals surface area contributed by atoms with E-state index in [1.807, 2.05) is 25.8 Å². The van der Waals surface area contributed by atoms with Crippen LogP contribution in [0.15, 0.2) is 34.8 Å². The van der Waals surface area contributed by atoms with Gasteiger partial charge < -0.3 is 14.8 Å². The number of piperidine rings is 1. The SMILES string of the molecule is C=C(Br)CNC(=NC)N1CCC(C)C(n2ccnc2)C1.I. The summed E-state index contributed by atoms with van der Waals surface area (Å²) in [5, 5.41) is 3.32. The van der Waals surface area contributed by atoms with E-state index >= 15 is 0 Å². The van der Waals surface area contributed by atoms with Gasteiger partial charge in [-0.25, -0.2) is 4.98 Å². The lowest BCUT2D eigenvalue weighted by atomic mass is 9.93. The summed E-state index contributed by atoms with van der Waals surface area (Å²) in [5.41, 5.74) is 0. The predicted molar refractivity (Wildman–Crippen MR) is 101 cm³/mol. The normalized spacial score (nSPS) is 22.6. The van der Waals surface area contributed by atoms with Crippen molar-refractivity contribution in [3.05, 3.63) is 29.8 Å². The number of nitrogens with zero attached hydrogens (tertiary/aromatic N) is 4. The van der Waals surface area contributed by atoms with E-state index in [2.05, 4.69) is 54.2 Å². The molecule has 2 rings (SSSR count). The summed E-state index contributed by atoms with van der Waals surface area (Å²) in [6.45, 7) is 8.81. The average Bonchev–Trinajstić information content (AvgIpc) is 2.94. The maximum Gasteiger partial charge on any atom is 0.194 e. The zero-order valence-corrected chi connectivity index (χ0v) is 16.4. The van der Waals surface area contributed by atoms with Gasteiger partial charge in [0.15, 0.2) is 5.96 Å². The maximum atomic E-state index is 4.37. The number of rotatable bonds is 3. The van der Waals surface area contributed by atoms with Gasteiger partial charge in [0, 0.05) is 43.6 Å². The van der Waals surface area contributed by atoms with Gasteiger partial charge >= 0.3 is 0 Å². The molecule has 7 heteroatoms. The fourth-order valence-electron chi connectivity index (χ4n) is 2.60. The second-order valence-corrected chi connectivity index (χ2v) is 6.33. The van der Waals surface area contributed by atoms with Crippen molar-refractivity contribution in [3.8, 4) is 0 Å². The Morgan fingerprint density at radius 3 is 2.90 bits per heavy atom. The highest BCUT2D eigenvalue weighted by Gasteiger charge is 2.28. The first-order chi connectivity index (χ1) is 9.61. The number of aliphatic imine (C=N–C) groups is 1. The molecule has 1 aliphatic heterocycles. The molecule has 1 aliphatic rings. The summed E-state index contributed by atoms with van der Waals surface area (Å²) < 4.78 is 3.13. The highest BCUT2D eigenvalue weighted by atomic mass is 127. The van der Waals surface area contributed by atoms with Gasteiger partial charge in [0.1, 0.15) is 0 Å². The molecule has 0 saturated carbocycles. The molecule has 0 aromatic carbocycles. The molecule has 5 nitrogen and oxygen atoms in total. The molecule has 2 atom stereocenters. The Labute approximate surface area is 152 Å². The number of imidazole rings is 1. The summed E-state index contributed by atoms with van der Waals surface area (Å²) in [5.74, 6) is 1.58. The van der Waals surface area contributed by atoms with E-state index < -0.39 is 0 Å². The predicted octanol–water partition coefficient (Wildman–Crippen LogP) is 2.87. The van der Waals surface area contributed by atoms with Crippen molar-refractivity contribution in [2.75, 3.05) is 26.7 Å². The van der Waals surface area contributed by atoms with Crippen molar-refractivity contribution in [2.45, 2.75) is 19.4 Å². The van der Waals surface area contributed by atoms with E-state index in [0.717, 1.165) is 30.0 Å². The first-order valence-corrected chi connectivity index (χ1v) is 7.67. The van der Waals surface area contributed by atoms with E-state index in [-0.39, 0.29) is 24.0 Å². The Morgan fingerprint density at radius 1 is 1.57 bits per heavy atom. The highest BCUT2D eigenvalue weighted by molar-refractivity contribution is 14.0. The van der Waals surface area contributed by atoms with Gasteiger partial charge in [0.2, 0.25) is 0 Å². The fourth-order valence-corrected chi connectivity index (χ4v) is 2.74. The number of hydrogen-bond donors (Lipinski definition) is 1. The molecular formula is C14H23BrIN5. The summed E-state index contributed by atoms with van der Waals surface area (Å²) in [7, 11) is 1.82. The summed E-state index contributed by atoms with van der Waals surface area (Å²) in [4.78, 5) is 10.8. The van der Waals surface area contributed by atoms with Crippen LogP contribution in [0.3, 0.4) is 0 Å². The van der Waals surface area contributed by atoms with Gasteiger partial charge in [-0.3, -0.25) is 4.99 Å². The lowest BCUT2D eigenvalue weighted by molar-refractivity contribution is 0.189. The van der Waals surface area contributed by atoms with Crippen LogP contribution < -0.4 is 5.32 Å². The monoisotopic (exact) mass is 467 g/mol. The first-order valence-electron chi connectivity index (χ1n) is 6.88. The van der Waals surface area contributed by atoms with Gasteiger partial charge in [-0.05, 0) is 12.3 Å². The topological polar surface area (TPSA) is 45.5 Å². The van der Waals surface area contributed by atoms with Crippen LogP contribution in [0.2, 0.25) is 0 Å². The van der Waals surface area contributed by atoms with Crippen LogP contribution in [-0.4, -0.2) is 47.1 Å². The van der Waals surface area contributed by atoms with Crippen molar-refractivity contribution in [2.24, 2.45) is 10.9 Å². The van der Waals surface area contributed by atoms with E-state index in [9.17, 15) is 0 Å². The molecule has 1 saturated heterocycles. The van der Waals surface area contributed by atoms with Crippen LogP contribution >= 0.6 is 39.9 Å². The number of likely N-dealkylation sites (tertiary alicyclic amines) is 1. The molecule has 1 fully saturated rings. The summed E-state index contributed by atoms with van der Waals surface area (Å²) >= 11 is 3.37. The minimum atomic E-state index is 0. The van der Waals surface area contributed by atoms with Crippen molar-refractivity contribution >= 4 is 45.9 Å². The van der Waals surface area contributed by atoms with E-state index in [4.69, 9.17) is 0 Å². The smallest absolute Gasteiger partial charge is 0.194 e. The Kier molecular flexibility index (Phi) is 7.72. The Morgan fingerprint density at radius 2 is 2.33 bits per heavy atom. The van der Waals surface area contributed by atoms with E-state index in [1.165, 1.54) is 0 Å². The zero-order chi connectivity index (χ0) is 14.5. The number of halogens is 2. The summed E-state index contributed by atoms with van der Waals surface area (Å²) in [6, 6.07) is 0.442. The number of nitrogens with one attached hydrogen (secondary N) is 1. The van der Waals surface area contributed by atoms with Gasteiger partial charge in [-0.15, -0.1) is 24.0 Å². The number of guanidine groups is 1. The van der Waals surface area contributed by atoms with Crippen molar-refractivity contribution in [1.82, 2.24) is 19.8 Å². The van der Waals surface area contributed by atoms with Crippen LogP contribution in [0.25, 0.3) is 0 Å². The second kappa shape index (κ2) is 8.77. The minimum Gasteiger partial charge on any atom is -0.352 e. The first kappa shape index (κ1) is 18.5. The molecule has 1 aromatic rings. The van der Waals surface area contributed by atoms with Crippen molar-refractivity contribution < 1.29 is 0 Å². The van der Waals surface area contributed by atoms with Gasteiger partial charge in [0.05, 0.1) is 12.4 Å². The molecule has 0 amide bonds. The maximum absolute atomic E-state index is 4.37. The number of aromatic nitrogens is 2. The fraction of sp³-hybridized carbons (Fsp3) is 0.571. The molecule has 118 valence electrons. The Balaban J connectivity index is 0.00000220. The standard InChI is InChI=1S/C14H22BrN5.HI/c1-11-4-6-19(14(16-3)18-8-12(2)15)9-13(11)20-7-5-17-10-20;/h5,7,10-11,13H,2,4,6,8-9H2,1,3H3,(H,16,18);1H. The lowest BCUT2D eigenvalue weighted by Gasteiger charge is -2.39. The van der Waals surface area contributed by atoms with Crippen LogP contribution in [0.5, 0.6) is 0 Å². The van der Waals surface area contributed by atoms with E-state index in [0.29, 0.717) is 18.5 Å². The molecule has 21 heavy (non-hydrogen) atoms. The number of hydrogen-bond acceptors (Lipinski definition) is 2. The molecule has 1 N–H and O–H groups in total. The van der Waals surface area contributed by atoms with Gasteiger partial charge in [0.25, 0.3) is 0 Å². The van der Waals surface area contributed by atoms with Crippen LogP contribution in [0.1, 0.15) is 19.4 Å². The molecule has 0 spiro atoms. The van der Waals surface area contributed by atoms with Crippen LogP contribution in [0, 0.1) is 5.92 Å². The molecule has 1 aromatic heterocycles. The highest BCUT2D eigenvalue weighted by Crippen LogP contribution is 2.27. The third-order valence-corrected chi connectivity index (χ3v) is 4.06. The Bertz CT molecular complexity index is 474. The largest absolute Gasteiger partial charge is 0.352 e. The Hall–Kier alpha value is -0.570. The third kappa shape index (κ3) is 4.98. The lowest BCUT2D eigenvalue weighted by Crippen LogP contribution is -2.49. The molecule has 2 unspecified atom stereocenters. The molecule has 0 bridgehead atoms. The zero-order valence-electron chi connectivity index (χ0n) is 12.5. The second-order valence-electron chi connectivity index (χ2n) is 5.21. The molecular weight excluding hydrogens is 445 g/mol. The quantitative estimate of drug-likeness (QED) is 0.422. The van der Waals surface area contributed by atoms with Gasteiger partial charge in [-0.2, -0.15) is 0 Å². The van der Waals surface area contributed by atoms with Crippen LogP contribution in [0.4, 0.5) is 0 Å². The van der Waals surface area contributed by atoms with Crippen molar-refractivity contribution in [1.29, 1.82) is 0 Å². The molecule has 0 aliphatic carbocycles. The average molecular weight is 468 g/mol. The summed E-state index contributed by atoms with van der Waals surface area (Å²) in [6.07, 6.45) is 6.94. The minimum absolute atomic E-state index is 0.